The van der Waals surface area contributed by atoms with E-state index in [4.69, 9.17) is 34.2 Å². The van der Waals surface area contributed by atoms with Crippen molar-refractivity contribution in [2.24, 2.45) is 17.8 Å². The molecule has 1 amide bonds. The maximum Gasteiger partial charge on any atom is 0.410 e. The zero-order chi connectivity index (χ0) is 49.5. The first-order valence-corrected chi connectivity index (χ1v) is 24.0. The summed E-state index contributed by atoms with van der Waals surface area (Å²) in [7, 11) is 5.21. The molecule has 3 fully saturated rings. The van der Waals surface area contributed by atoms with Crippen molar-refractivity contribution in [3.63, 3.8) is 0 Å². The van der Waals surface area contributed by atoms with Crippen LogP contribution in [0.15, 0.2) is 60.8 Å². The number of aryl methyl sites for hydroxylation is 1. The molecular weight excluding hydrogens is 875 g/mol. The van der Waals surface area contributed by atoms with E-state index < -0.39 is 89.6 Å². The molecule has 3 aromatic rings. The zero-order valence-corrected chi connectivity index (χ0v) is 41.3. The smallest absolute Gasteiger partial charge is 0.410 e. The van der Waals surface area contributed by atoms with E-state index in [1.807, 2.05) is 76.3 Å². The van der Waals surface area contributed by atoms with E-state index in [-0.39, 0.29) is 18.6 Å². The Labute approximate surface area is 400 Å². The van der Waals surface area contributed by atoms with Gasteiger partial charge in [0.1, 0.15) is 30.4 Å². The summed E-state index contributed by atoms with van der Waals surface area (Å²) in [6.07, 6.45) is -1.33. The number of fused-ring (bicyclic) bond motifs is 1. The number of ketones is 1. The molecule has 3 saturated heterocycles. The molecule has 0 saturated carbocycles. The Bertz CT molecular complexity index is 2180. The first-order chi connectivity index (χ1) is 32.3. The van der Waals surface area contributed by atoms with Crippen molar-refractivity contribution in [3.05, 3.63) is 66.4 Å². The van der Waals surface area contributed by atoms with E-state index in [1.54, 1.807) is 54.8 Å². The molecule has 4 heterocycles. The van der Waals surface area contributed by atoms with Crippen LogP contribution in [-0.4, -0.2) is 155 Å². The quantitative estimate of drug-likeness (QED) is 0.0628. The Kier molecular flexibility index (Phi) is 17.4. The highest BCUT2D eigenvalue weighted by Gasteiger charge is 2.59. The number of aromatic nitrogens is 3. The molecule has 68 heavy (non-hydrogen) atoms. The molecule has 3 aliphatic heterocycles. The number of anilines is 1. The van der Waals surface area contributed by atoms with E-state index in [0.29, 0.717) is 68.7 Å². The van der Waals surface area contributed by atoms with E-state index in [1.165, 1.54) is 6.92 Å². The van der Waals surface area contributed by atoms with Crippen molar-refractivity contribution in [2.45, 2.75) is 147 Å². The number of benzene rings is 2. The van der Waals surface area contributed by atoms with Gasteiger partial charge in [-0.2, -0.15) is 0 Å². The number of nitrogens with one attached hydrogen (secondary N) is 1. The van der Waals surface area contributed by atoms with Crippen LogP contribution in [0.4, 0.5) is 10.5 Å². The molecule has 13 atom stereocenters. The van der Waals surface area contributed by atoms with Crippen LogP contribution in [0.3, 0.4) is 0 Å². The van der Waals surface area contributed by atoms with Crippen LogP contribution in [0.2, 0.25) is 0 Å². The van der Waals surface area contributed by atoms with Gasteiger partial charge >= 0.3 is 18.0 Å². The molecule has 3 aliphatic rings. The summed E-state index contributed by atoms with van der Waals surface area (Å²) < 4.78 is 39.4. The molecular formula is C50H73N7O11. The number of nitrogen functional groups attached to an aromatic ring is 1. The van der Waals surface area contributed by atoms with Gasteiger partial charge in [0, 0.05) is 49.5 Å². The van der Waals surface area contributed by atoms with E-state index >= 15 is 0 Å². The van der Waals surface area contributed by atoms with Crippen LogP contribution in [0.5, 0.6) is 0 Å². The average molecular weight is 948 g/mol. The number of hydrogen-bond donors (Lipinski definition) is 3. The third-order valence-electron chi connectivity index (χ3n) is 14.1. The van der Waals surface area contributed by atoms with Gasteiger partial charge in [-0.05, 0) is 111 Å². The third kappa shape index (κ3) is 11.9. The Hall–Kier alpha value is -4.98. The van der Waals surface area contributed by atoms with Crippen LogP contribution in [-0.2, 0) is 44.6 Å². The molecule has 374 valence electrons. The zero-order valence-electron chi connectivity index (χ0n) is 41.3. The molecule has 18 heteroatoms. The first-order valence-electron chi connectivity index (χ1n) is 24.0. The predicted molar refractivity (Wildman–Crippen MR) is 253 cm³/mol. The maximum absolute atomic E-state index is 14.6. The van der Waals surface area contributed by atoms with Crippen molar-refractivity contribution in [2.75, 3.05) is 46.6 Å². The Balaban J connectivity index is 1.21. The van der Waals surface area contributed by atoms with E-state index in [0.717, 1.165) is 5.56 Å². The van der Waals surface area contributed by atoms with Crippen LogP contribution < -0.4 is 11.1 Å². The predicted octanol–water partition coefficient (Wildman–Crippen LogP) is 5.12. The van der Waals surface area contributed by atoms with Crippen molar-refractivity contribution >= 4 is 29.5 Å². The number of amides is 1. The number of nitrogens with two attached hydrogens (primary N) is 1. The highest BCUT2D eigenvalue weighted by atomic mass is 16.7. The van der Waals surface area contributed by atoms with Crippen molar-refractivity contribution in [3.8, 4) is 11.3 Å². The number of unbranched alkanes of at least 4 members (excludes halogenated alkanes) is 1. The summed E-state index contributed by atoms with van der Waals surface area (Å²) >= 11 is 0. The molecule has 0 radical (unpaired) electrons. The number of aliphatic hydroxyl groups excluding tert-OH is 1. The molecule has 0 bridgehead atoms. The number of methoxy groups -OCH3 is 1. The molecule has 18 nitrogen and oxygen atoms in total. The second-order valence-corrected chi connectivity index (χ2v) is 19.6. The van der Waals surface area contributed by atoms with E-state index in [2.05, 4.69) is 22.6 Å². The lowest BCUT2D eigenvalue weighted by molar-refractivity contribution is -0.300. The van der Waals surface area contributed by atoms with Crippen molar-refractivity contribution in [1.29, 1.82) is 0 Å². The van der Waals surface area contributed by atoms with Gasteiger partial charge in [0.2, 0.25) is 0 Å². The number of Topliss-reactive ketones (excluding diaryl/α,β-unsaturated/α-hetero) is 1. The topological polar surface area (TPSA) is 219 Å². The second-order valence-electron chi connectivity index (χ2n) is 19.6. The minimum absolute atomic E-state index is 0.0901. The van der Waals surface area contributed by atoms with Gasteiger partial charge < -0.3 is 49.5 Å². The van der Waals surface area contributed by atoms with Crippen LogP contribution in [0, 0.1) is 17.8 Å². The number of ether oxygens (including phenoxy) is 6. The normalized spacial score (nSPS) is 33.0. The van der Waals surface area contributed by atoms with Crippen molar-refractivity contribution in [1.82, 2.24) is 30.1 Å². The molecule has 1 aromatic heterocycles. The lowest BCUT2D eigenvalue weighted by Gasteiger charge is -2.47. The number of carbonyl (C=O) groups is 4. The number of hydrogen-bond acceptors (Lipinski definition) is 16. The summed E-state index contributed by atoms with van der Waals surface area (Å²) in [5, 5.41) is 24.1. The van der Waals surface area contributed by atoms with E-state index in [9.17, 15) is 24.3 Å². The lowest BCUT2D eigenvalue weighted by Crippen LogP contribution is -2.61. The lowest BCUT2D eigenvalue weighted by atomic mass is 9.78. The van der Waals surface area contributed by atoms with Crippen molar-refractivity contribution < 1.29 is 52.7 Å². The standard InChI is InChI=1S/C50H73N7O11/c1-11-40-50(7)43(57(48(62)68-50)23-16-15-22-56-28-38(53-54-56)35-20-17-21-36(51)24-35)33(5)52-27-30(2)26-49(6,63-10)44(31(3)41(58)32(4)45(60)66-40)67-47-42(59)39(55(8)9)25-37(65-47)29-64-46(61)34-18-13-12-14-19-34/h12-14,17-21,24,28,30-33,37,39-40,42-44,47,52,59H,11,15-16,22-23,25-27,29,51H2,1-10H3/t30-,31+,32-,33-,37+,39?,40-,42?,43-,44-,47+,49-,50-/m1/s1. The first kappa shape index (κ1) is 52.4. The highest BCUT2D eigenvalue weighted by Crippen LogP contribution is 2.40. The van der Waals surface area contributed by atoms with Crippen LogP contribution >= 0.6 is 0 Å². The number of carbonyl (C=O) groups excluding carboxylic acids is 4. The van der Waals surface area contributed by atoms with Gasteiger partial charge in [-0.25, -0.2) is 9.59 Å². The van der Waals surface area contributed by atoms with Gasteiger partial charge in [0.05, 0.1) is 35.6 Å². The molecule has 2 aromatic carbocycles. The number of aliphatic hydroxyl groups is 1. The third-order valence-corrected chi connectivity index (χ3v) is 14.1. The molecule has 6 rings (SSSR count). The number of nitrogens with zero attached hydrogens (tertiary/aromatic N) is 5. The summed E-state index contributed by atoms with van der Waals surface area (Å²) in [6, 6.07) is 14.7. The molecule has 4 N–H and O–H groups in total. The average Bonchev–Trinajstić information content (AvgIpc) is 3.90. The molecule has 2 unspecified atom stereocenters. The van der Waals surface area contributed by atoms with Gasteiger partial charge in [-0.3, -0.25) is 19.2 Å². The fraction of sp³-hybridized carbons (Fsp3) is 0.640. The Morgan fingerprint density at radius 2 is 1.75 bits per heavy atom. The summed E-state index contributed by atoms with van der Waals surface area (Å²) in [5.41, 5.74) is 6.16. The minimum atomic E-state index is -1.28. The number of likely N-dealkylation sites (N-methyl/N-ethyl adjacent to an activating group) is 1. The summed E-state index contributed by atoms with van der Waals surface area (Å²) in [4.78, 5) is 59.3. The van der Waals surface area contributed by atoms with Crippen LogP contribution in [0.25, 0.3) is 11.3 Å². The van der Waals surface area contributed by atoms with Gasteiger partial charge in [-0.15, -0.1) is 5.10 Å². The SMILES string of the molecule is CC[C@H]1OC(=O)[C@H](C)C(=O)[C@H](C)[C@@H](O[C@@H]2O[C@H](COC(=O)c3ccccc3)CC(N(C)C)C2O)[C@](C)(OC)C[C@@H](C)CN[C@H](C)[C@H]2N(CCCCn3cc(-c4cccc(N)c4)nn3)C(=O)O[C@]12C. The highest BCUT2D eigenvalue weighted by molar-refractivity contribution is 6.00. The van der Waals surface area contributed by atoms with Gasteiger partial charge in [0.25, 0.3) is 0 Å². The minimum Gasteiger partial charge on any atom is -0.459 e. The molecule has 0 spiro atoms. The summed E-state index contributed by atoms with van der Waals surface area (Å²) in [6.45, 7) is 14.1. The molecule has 0 aliphatic carbocycles. The Morgan fingerprint density at radius 1 is 1.03 bits per heavy atom. The monoisotopic (exact) mass is 948 g/mol. The Morgan fingerprint density at radius 3 is 2.43 bits per heavy atom. The van der Waals surface area contributed by atoms with Gasteiger partial charge in [-0.1, -0.05) is 56.3 Å². The van der Waals surface area contributed by atoms with Gasteiger partial charge in [0.15, 0.2) is 17.7 Å². The number of cyclic esters (lactones) is 1. The fourth-order valence-corrected chi connectivity index (χ4v) is 10.3. The summed E-state index contributed by atoms with van der Waals surface area (Å²) in [5.74, 6) is -4.06. The number of rotatable bonds is 14. The maximum atomic E-state index is 14.6. The fourth-order valence-electron chi connectivity index (χ4n) is 10.3. The van der Waals surface area contributed by atoms with Crippen LogP contribution in [0.1, 0.15) is 90.9 Å². The second kappa shape index (κ2) is 22.6. The largest absolute Gasteiger partial charge is 0.459 e. The number of esters is 2.